The lowest BCUT2D eigenvalue weighted by Gasteiger charge is -2.26. The number of carbonyl (C=O) groups is 5. The molecule has 5 atom stereocenters. The topological polar surface area (TPSA) is 238 Å². The summed E-state index contributed by atoms with van der Waals surface area (Å²) in [6.45, 7) is 8.81. The quantitative estimate of drug-likeness (QED) is 0.0821. The molecule has 0 saturated carbocycles. The van der Waals surface area contributed by atoms with E-state index >= 15 is 0 Å². The van der Waals surface area contributed by atoms with Gasteiger partial charge in [0.15, 0.2) is 0 Å². The number of nitrogens with two attached hydrogens (primary N) is 2. The van der Waals surface area contributed by atoms with Gasteiger partial charge in [-0.3, -0.25) is 24.0 Å². The maximum atomic E-state index is 13.3. The van der Waals surface area contributed by atoms with Crippen molar-refractivity contribution in [2.75, 3.05) is 13.1 Å². The number of amides is 5. The molecular formula is C36H56BN7O7. The number of benzene rings is 2. The second-order valence-corrected chi connectivity index (χ2v) is 13.3. The second-order valence-electron chi connectivity index (χ2n) is 13.3. The SMILES string of the molecule is CCCCc1ccc(-c2ccc(C(=O)N[C@@H](CCN)C(=O)N[C@@H](CCN)C(=O)N[C@@H](C)C(=O)N[C@@H](CC(C)C)C(=O)N[C@@H](C)B(O)O)cc2)cc1. The Morgan fingerprint density at radius 3 is 1.67 bits per heavy atom. The Kier molecular flexibility index (Phi) is 18.3. The zero-order chi connectivity index (χ0) is 38.1. The largest absolute Gasteiger partial charge is 0.475 e. The van der Waals surface area contributed by atoms with E-state index in [9.17, 15) is 34.0 Å². The molecule has 0 heterocycles. The minimum Gasteiger partial charge on any atom is -0.426 e. The highest BCUT2D eigenvalue weighted by atomic mass is 16.4. The van der Waals surface area contributed by atoms with E-state index in [2.05, 4.69) is 57.8 Å². The van der Waals surface area contributed by atoms with Crippen molar-refractivity contribution in [3.05, 3.63) is 59.7 Å². The molecule has 2 aromatic rings. The van der Waals surface area contributed by atoms with Gasteiger partial charge in [0.05, 0.1) is 5.94 Å². The van der Waals surface area contributed by atoms with Crippen LogP contribution in [0.4, 0.5) is 0 Å². The molecule has 0 unspecified atom stereocenters. The Morgan fingerprint density at radius 1 is 0.667 bits per heavy atom. The van der Waals surface area contributed by atoms with Crippen LogP contribution >= 0.6 is 0 Å². The van der Waals surface area contributed by atoms with Crippen LogP contribution in [0.3, 0.4) is 0 Å². The number of rotatable bonds is 21. The summed E-state index contributed by atoms with van der Waals surface area (Å²) in [6, 6.07) is 11.0. The third kappa shape index (κ3) is 14.5. The monoisotopic (exact) mass is 709 g/mol. The third-order valence-corrected chi connectivity index (χ3v) is 8.33. The number of unbranched alkanes of at least 4 members (excludes halogenated alkanes) is 1. The fourth-order valence-electron chi connectivity index (χ4n) is 5.22. The fraction of sp³-hybridized carbons (Fsp3) is 0.528. The van der Waals surface area contributed by atoms with Gasteiger partial charge < -0.3 is 48.1 Å². The highest BCUT2D eigenvalue weighted by Crippen LogP contribution is 2.21. The zero-order valence-electron chi connectivity index (χ0n) is 30.4. The van der Waals surface area contributed by atoms with Crippen LogP contribution in [0.1, 0.15) is 82.6 Å². The summed E-state index contributed by atoms with van der Waals surface area (Å²) < 4.78 is 0. The molecule has 0 aliphatic rings. The van der Waals surface area contributed by atoms with E-state index in [1.807, 2.05) is 26.0 Å². The summed E-state index contributed by atoms with van der Waals surface area (Å²) in [4.78, 5) is 65.5. The van der Waals surface area contributed by atoms with E-state index in [0.29, 0.717) is 5.56 Å². The first-order chi connectivity index (χ1) is 24.2. The highest BCUT2D eigenvalue weighted by molar-refractivity contribution is 6.43. The average molecular weight is 710 g/mol. The van der Waals surface area contributed by atoms with Gasteiger partial charge in [-0.1, -0.05) is 63.6 Å². The molecular weight excluding hydrogens is 653 g/mol. The van der Waals surface area contributed by atoms with Crippen LogP contribution in [-0.2, 0) is 25.6 Å². The van der Waals surface area contributed by atoms with Crippen molar-refractivity contribution in [1.82, 2.24) is 26.6 Å². The van der Waals surface area contributed by atoms with Crippen molar-refractivity contribution in [2.24, 2.45) is 17.4 Å². The molecule has 0 radical (unpaired) electrons. The average Bonchev–Trinajstić information content (AvgIpc) is 3.09. The number of aryl methyl sites for hydroxylation is 1. The molecule has 2 rings (SSSR count). The van der Waals surface area contributed by atoms with Crippen LogP contribution in [-0.4, -0.2) is 89.9 Å². The number of hydrogen-bond donors (Lipinski definition) is 9. The molecule has 51 heavy (non-hydrogen) atoms. The lowest BCUT2D eigenvalue weighted by molar-refractivity contribution is -0.134. The fourth-order valence-corrected chi connectivity index (χ4v) is 5.22. The summed E-state index contributed by atoms with van der Waals surface area (Å²) in [6.07, 6.45) is 3.68. The summed E-state index contributed by atoms with van der Waals surface area (Å²) in [5, 5.41) is 31.6. The minimum absolute atomic E-state index is 0.00352. The molecule has 0 aromatic heterocycles. The van der Waals surface area contributed by atoms with Gasteiger partial charge in [-0.25, -0.2) is 0 Å². The van der Waals surface area contributed by atoms with Gasteiger partial charge in [-0.05, 0) is 93.8 Å². The van der Waals surface area contributed by atoms with Crippen molar-refractivity contribution in [3.8, 4) is 11.1 Å². The molecule has 0 aliphatic carbocycles. The second kappa shape index (κ2) is 21.8. The van der Waals surface area contributed by atoms with Gasteiger partial charge in [0.1, 0.15) is 24.2 Å². The van der Waals surface area contributed by atoms with Crippen molar-refractivity contribution < 1.29 is 34.0 Å². The molecule has 0 saturated heterocycles. The Hall–Kier alpha value is -4.31. The van der Waals surface area contributed by atoms with E-state index in [4.69, 9.17) is 11.5 Å². The van der Waals surface area contributed by atoms with Crippen LogP contribution in [0.2, 0.25) is 0 Å². The van der Waals surface area contributed by atoms with E-state index < -0.39 is 66.8 Å². The predicted molar refractivity (Wildman–Crippen MR) is 198 cm³/mol. The van der Waals surface area contributed by atoms with Crippen molar-refractivity contribution in [1.29, 1.82) is 0 Å². The van der Waals surface area contributed by atoms with E-state index in [0.717, 1.165) is 30.4 Å². The molecule has 5 amide bonds. The molecule has 14 nitrogen and oxygen atoms in total. The molecule has 280 valence electrons. The van der Waals surface area contributed by atoms with Crippen LogP contribution in [0.25, 0.3) is 11.1 Å². The van der Waals surface area contributed by atoms with Crippen LogP contribution in [0.15, 0.2) is 48.5 Å². The van der Waals surface area contributed by atoms with Crippen molar-refractivity contribution in [3.63, 3.8) is 0 Å². The summed E-state index contributed by atoms with van der Waals surface area (Å²) in [5.41, 5.74) is 15.1. The van der Waals surface area contributed by atoms with Gasteiger partial charge in [0, 0.05) is 5.56 Å². The Morgan fingerprint density at radius 2 is 1.16 bits per heavy atom. The summed E-state index contributed by atoms with van der Waals surface area (Å²) in [7, 11) is -1.79. The predicted octanol–water partition coefficient (Wildman–Crippen LogP) is 0.529. The minimum atomic E-state index is -1.79. The third-order valence-electron chi connectivity index (χ3n) is 8.33. The molecule has 0 fully saturated rings. The van der Waals surface area contributed by atoms with E-state index in [1.54, 1.807) is 12.1 Å². The lowest BCUT2D eigenvalue weighted by Crippen LogP contribution is -2.58. The van der Waals surface area contributed by atoms with Gasteiger partial charge in [-0.2, -0.15) is 0 Å². The maximum Gasteiger partial charge on any atom is 0.475 e. The molecule has 2 aromatic carbocycles. The van der Waals surface area contributed by atoms with E-state index in [-0.39, 0.29) is 38.3 Å². The standard InChI is InChI=1S/C36H56BN7O7/c1-6-7-8-25-9-11-26(12-10-25)27-13-15-28(16-14-27)33(46)42-30(18-20-39)35(48)43-29(17-19-38)34(47)40-23(4)32(45)44-31(21-22(2)3)36(49)41-24(5)37(50)51/h9-16,22-24,29-31,50-51H,6-8,17-21,38-39H2,1-5H3,(H,40,47)(H,41,49)(H,42,46)(H,43,48)(H,44,45)/t23-,24-,29-,30-,31-/m0/s1. The number of carbonyl (C=O) groups excluding carboxylic acids is 5. The van der Waals surface area contributed by atoms with Gasteiger partial charge in [-0.15, -0.1) is 0 Å². The Balaban J connectivity index is 2.05. The molecule has 0 aliphatic heterocycles. The van der Waals surface area contributed by atoms with Gasteiger partial charge in [0.25, 0.3) is 5.91 Å². The molecule has 15 heteroatoms. The van der Waals surface area contributed by atoms with Crippen molar-refractivity contribution >= 4 is 36.7 Å². The lowest BCUT2D eigenvalue weighted by atomic mass is 9.81. The first kappa shape index (κ1) is 42.9. The molecule has 0 spiro atoms. The zero-order valence-corrected chi connectivity index (χ0v) is 30.4. The molecule has 0 bridgehead atoms. The van der Waals surface area contributed by atoms with Crippen molar-refractivity contribution in [2.45, 2.75) is 103 Å². The smallest absolute Gasteiger partial charge is 0.426 e. The highest BCUT2D eigenvalue weighted by Gasteiger charge is 2.31. The number of hydrogen-bond acceptors (Lipinski definition) is 9. The summed E-state index contributed by atoms with van der Waals surface area (Å²) in [5.74, 6) is -4.07. The maximum absolute atomic E-state index is 13.3. The van der Waals surface area contributed by atoms with Crippen LogP contribution in [0.5, 0.6) is 0 Å². The summed E-state index contributed by atoms with van der Waals surface area (Å²) >= 11 is 0. The molecule has 11 N–H and O–H groups in total. The van der Waals surface area contributed by atoms with Crippen LogP contribution < -0.4 is 38.1 Å². The number of nitrogens with one attached hydrogen (secondary N) is 5. The Bertz CT molecular complexity index is 1420. The van der Waals surface area contributed by atoms with E-state index in [1.165, 1.54) is 19.4 Å². The first-order valence-corrected chi connectivity index (χ1v) is 17.7. The van der Waals surface area contributed by atoms with Crippen LogP contribution in [0, 0.1) is 5.92 Å². The van der Waals surface area contributed by atoms with Gasteiger partial charge >= 0.3 is 7.12 Å². The normalized spacial score (nSPS) is 14.0. The Labute approximate surface area is 301 Å². The first-order valence-electron chi connectivity index (χ1n) is 17.7. The van der Waals surface area contributed by atoms with Gasteiger partial charge in [0.2, 0.25) is 23.6 Å².